The lowest BCUT2D eigenvalue weighted by molar-refractivity contribution is -0.881. The van der Waals surface area contributed by atoms with Gasteiger partial charge in [0.05, 0.1) is 13.7 Å². The molecule has 2 amide bonds. The van der Waals surface area contributed by atoms with Crippen molar-refractivity contribution in [2.45, 2.75) is 13.5 Å². The molecule has 0 heterocycles. The second-order valence-electron chi connectivity index (χ2n) is 6.14. The molecule has 1 atom stereocenters. The molecule has 6 nitrogen and oxygen atoms in total. The molecular weight excluding hydrogens is 366 g/mol. The molecule has 0 saturated carbocycles. The van der Waals surface area contributed by atoms with E-state index >= 15 is 0 Å². The molecule has 0 saturated heterocycles. The van der Waals surface area contributed by atoms with Crippen molar-refractivity contribution in [1.29, 1.82) is 0 Å². The molecule has 0 fully saturated rings. The van der Waals surface area contributed by atoms with Crippen LogP contribution in [0.5, 0.6) is 5.75 Å². The van der Waals surface area contributed by atoms with Gasteiger partial charge in [0.15, 0.2) is 13.1 Å². The maximum Gasteiger partial charge on any atom is 0.279 e. The molecule has 2 aromatic rings. The van der Waals surface area contributed by atoms with Crippen LogP contribution < -0.4 is 20.3 Å². The van der Waals surface area contributed by atoms with E-state index in [4.69, 9.17) is 16.3 Å². The number of hydrogen-bond donors (Lipinski definition) is 3. The Balaban J connectivity index is 1.80. The summed E-state index contributed by atoms with van der Waals surface area (Å²) in [6, 6.07) is 14.5. The highest BCUT2D eigenvalue weighted by atomic mass is 35.5. The van der Waals surface area contributed by atoms with E-state index in [0.717, 1.165) is 10.5 Å². The van der Waals surface area contributed by atoms with Crippen LogP contribution in [0.4, 0.5) is 5.69 Å². The Labute approximate surface area is 164 Å². The maximum atomic E-state index is 12.3. The Morgan fingerprint density at radius 1 is 1.07 bits per heavy atom. The third-order valence-electron chi connectivity index (χ3n) is 4.08. The first-order chi connectivity index (χ1) is 13.0. The summed E-state index contributed by atoms with van der Waals surface area (Å²) in [6.45, 7) is 3.49. The van der Waals surface area contributed by atoms with Crippen molar-refractivity contribution in [3.05, 3.63) is 59.1 Å². The molecule has 0 aliphatic heterocycles. The fourth-order valence-corrected chi connectivity index (χ4v) is 2.66. The molecule has 1 unspecified atom stereocenters. The fraction of sp³-hybridized carbons (Fsp3) is 0.300. The van der Waals surface area contributed by atoms with Crippen LogP contribution in [0.1, 0.15) is 12.5 Å². The lowest BCUT2D eigenvalue weighted by Crippen LogP contribution is -3.13. The quantitative estimate of drug-likeness (QED) is 0.607. The van der Waals surface area contributed by atoms with Crippen LogP contribution >= 0.6 is 11.6 Å². The molecule has 27 heavy (non-hydrogen) atoms. The number of methoxy groups -OCH3 is 1. The number of nitrogens with one attached hydrogen (secondary N) is 3. The van der Waals surface area contributed by atoms with E-state index in [2.05, 4.69) is 10.6 Å². The Morgan fingerprint density at radius 2 is 1.78 bits per heavy atom. The number of carbonyl (C=O) groups is 2. The topological polar surface area (TPSA) is 71.9 Å². The van der Waals surface area contributed by atoms with Gasteiger partial charge in [-0.2, -0.15) is 0 Å². The summed E-state index contributed by atoms with van der Waals surface area (Å²) in [7, 11) is 1.58. The van der Waals surface area contributed by atoms with Crippen LogP contribution in [0.15, 0.2) is 48.5 Å². The van der Waals surface area contributed by atoms with E-state index in [1.165, 1.54) is 0 Å². The van der Waals surface area contributed by atoms with E-state index in [1.807, 2.05) is 31.2 Å². The number of quaternary nitrogens is 1. The van der Waals surface area contributed by atoms with Crippen LogP contribution in [0, 0.1) is 0 Å². The van der Waals surface area contributed by atoms with Crippen molar-refractivity contribution in [3.63, 3.8) is 0 Å². The summed E-state index contributed by atoms with van der Waals surface area (Å²) < 4.78 is 5.14. The van der Waals surface area contributed by atoms with Gasteiger partial charge < -0.3 is 20.3 Å². The zero-order valence-electron chi connectivity index (χ0n) is 15.5. The molecule has 0 aliphatic carbocycles. The molecule has 144 valence electrons. The van der Waals surface area contributed by atoms with Crippen LogP contribution in [0.3, 0.4) is 0 Å². The monoisotopic (exact) mass is 390 g/mol. The average molecular weight is 391 g/mol. The second-order valence-corrected chi connectivity index (χ2v) is 6.58. The lowest BCUT2D eigenvalue weighted by Gasteiger charge is -2.17. The molecule has 0 aliphatic rings. The summed E-state index contributed by atoms with van der Waals surface area (Å²) in [5, 5.41) is 6.36. The van der Waals surface area contributed by atoms with Crippen molar-refractivity contribution in [1.82, 2.24) is 5.32 Å². The number of ether oxygens (including phenoxy) is 1. The number of rotatable bonds is 9. The number of carbonyl (C=O) groups excluding carboxylic acids is 2. The van der Waals surface area contributed by atoms with Gasteiger partial charge in [-0.05, 0) is 36.8 Å². The third kappa shape index (κ3) is 7.29. The number of halogens is 1. The highest BCUT2D eigenvalue weighted by Crippen LogP contribution is 2.16. The highest BCUT2D eigenvalue weighted by molar-refractivity contribution is 6.30. The normalized spacial score (nSPS) is 11.5. The first kappa shape index (κ1) is 20.7. The van der Waals surface area contributed by atoms with Crippen molar-refractivity contribution >= 4 is 29.1 Å². The van der Waals surface area contributed by atoms with Gasteiger partial charge in [0.2, 0.25) is 0 Å². The SMILES string of the molecule is CC[NH+](CC(=O)NCc1ccc(Cl)cc1)CC(=O)Nc1cccc(OC)c1. The smallest absolute Gasteiger partial charge is 0.279 e. The van der Waals surface area contributed by atoms with E-state index in [9.17, 15) is 9.59 Å². The molecule has 2 rings (SSSR count). The molecule has 2 aromatic carbocycles. The minimum absolute atomic E-state index is 0.101. The van der Waals surface area contributed by atoms with Gasteiger partial charge in [-0.1, -0.05) is 29.8 Å². The van der Waals surface area contributed by atoms with Gasteiger partial charge in [-0.25, -0.2) is 0 Å². The average Bonchev–Trinajstić information content (AvgIpc) is 2.67. The Bertz CT molecular complexity index is 765. The molecule has 3 N–H and O–H groups in total. The molecule has 7 heteroatoms. The van der Waals surface area contributed by atoms with Crippen LogP contribution in [0.25, 0.3) is 0 Å². The number of likely N-dealkylation sites (N-methyl/N-ethyl adjacent to an activating group) is 1. The lowest BCUT2D eigenvalue weighted by atomic mass is 10.2. The van der Waals surface area contributed by atoms with Gasteiger partial charge >= 0.3 is 0 Å². The number of benzene rings is 2. The maximum absolute atomic E-state index is 12.3. The molecular formula is C20H25ClN3O3+. The van der Waals surface area contributed by atoms with Crippen LogP contribution in [0.2, 0.25) is 5.02 Å². The summed E-state index contributed by atoms with van der Waals surface area (Å²) in [4.78, 5) is 25.3. The first-order valence-corrected chi connectivity index (χ1v) is 9.16. The van der Waals surface area contributed by atoms with E-state index in [1.54, 1.807) is 31.4 Å². The highest BCUT2D eigenvalue weighted by Gasteiger charge is 2.16. The van der Waals surface area contributed by atoms with Gasteiger partial charge in [-0.15, -0.1) is 0 Å². The molecule has 0 bridgehead atoms. The summed E-state index contributed by atoms with van der Waals surface area (Å²) in [5.41, 5.74) is 1.64. The number of hydrogen-bond acceptors (Lipinski definition) is 3. The standard InChI is InChI=1S/C20H24ClN3O3/c1-3-24(13-19(25)22-12-15-7-9-16(21)10-8-15)14-20(26)23-17-5-4-6-18(11-17)27-2/h4-11H,3,12-14H2,1-2H3,(H,22,25)(H,23,26)/p+1. The fourth-order valence-electron chi connectivity index (χ4n) is 2.54. The first-order valence-electron chi connectivity index (χ1n) is 8.78. The Hall–Kier alpha value is -2.57. The van der Waals surface area contributed by atoms with E-state index in [0.29, 0.717) is 29.5 Å². The van der Waals surface area contributed by atoms with Crippen LogP contribution in [-0.2, 0) is 16.1 Å². The largest absolute Gasteiger partial charge is 0.497 e. The minimum Gasteiger partial charge on any atom is -0.497 e. The summed E-state index contributed by atoms with van der Waals surface area (Å²) >= 11 is 5.85. The number of anilines is 1. The zero-order valence-corrected chi connectivity index (χ0v) is 16.3. The van der Waals surface area contributed by atoms with Crippen LogP contribution in [-0.4, -0.2) is 38.6 Å². The van der Waals surface area contributed by atoms with Gasteiger partial charge in [-0.3, -0.25) is 9.59 Å². The van der Waals surface area contributed by atoms with E-state index < -0.39 is 0 Å². The van der Waals surface area contributed by atoms with Crippen molar-refractivity contribution in [2.24, 2.45) is 0 Å². The van der Waals surface area contributed by atoms with Crippen molar-refractivity contribution < 1.29 is 19.2 Å². The van der Waals surface area contributed by atoms with E-state index in [-0.39, 0.29) is 24.9 Å². The Kier molecular flexibility index (Phi) is 8.10. The van der Waals surface area contributed by atoms with Gasteiger partial charge in [0, 0.05) is 23.3 Å². The van der Waals surface area contributed by atoms with Crippen molar-refractivity contribution in [3.8, 4) is 5.75 Å². The number of amides is 2. The minimum atomic E-state index is -0.148. The summed E-state index contributed by atoms with van der Waals surface area (Å²) in [5.74, 6) is 0.427. The zero-order chi connectivity index (χ0) is 19.6. The third-order valence-corrected chi connectivity index (χ3v) is 4.33. The molecule has 0 aromatic heterocycles. The second kappa shape index (κ2) is 10.5. The molecule has 0 radical (unpaired) electrons. The predicted molar refractivity (Wildman–Crippen MR) is 106 cm³/mol. The summed E-state index contributed by atoms with van der Waals surface area (Å²) in [6.07, 6.45) is 0. The molecule has 0 spiro atoms. The van der Waals surface area contributed by atoms with Gasteiger partial charge in [0.25, 0.3) is 11.8 Å². The van der Waals surface area contributed by atoms with Crippen molar-refractivity contribution in [2.75, 3.05) is 32.1 Å². The predicted octanol–water partition coefficient (Wildman–Crippen LogP) is 1.51. The Morgan fingerprint density at radius 3 is 2.44 bits per heavy atom. The van der Waals surface area contributed by atoms with Gasteiger partial charge in [0.1, 0.15) is 5.75 Å².